The number of nitrogens with zero attached hydrogens (tertiary/aromatic N) is 2. The number of urea groups is 1. The van der Waals surface area contributed by atoms with Gasteiger partial charge >= 0.3 is 6.03 Å². The Morgan fingerprint density at radius 2 is 1.89 bits per heavy atom. The normalized spacial score (nSPS) is 18.9. The van der Waals surface area contributed by atoms with Crippen LogP contribution in [0, 0.1) is 0 Å². The van der Waals surface area contributed by atoms with Gasteiger partial charge in [-0.2, -0.15) is 0 Å². The minimum absolute atomic E-state index is 0.0265. The average Bonchev–Trinajstić information content (AvgIpc) is 2.68. The zero-order chi connectivity index (χ0) is 19.2. The number of ether oxygens (including phenoxy) is 1. The molecule has 0 unspecified atom stereocenters. The van der Waals surface area contributed by atoms with Gasteiger partial charge in [-0.1, -0.05) is 12.1 Å². The number of rotatable bonds is 4. The highest BCUT2D eigenvalue weighted by atomic mass is 16.5. The molecule has 4 amide bonds. The molecule has 0 bridgehead atoms. The number of anilines is 1. The predicted octanol–water partition coefficient (Wildman–Crippen LogP) is 1.11. The van der Waals surface area contributed by atoms with Gasteiger partial charge in [0.1, 0.15) is 5.75 Å². The molecule has 146 valence electrons. The molecule has 0 spiro atoms. The number of carbonyl (C=O) groups is 3. The van der Waals surface area contributed by atoms with E-state index in [9.17, 15) is 14.4 Å². The molecule has 0 aromatic heterocycles. The highest BCUT2D eigenvalue weighted by Gasteiger charge is 2.34. The number of imide groups is 1. The van der Waals surface area contributed by atoms with E-state index in [1.807, 2.05) is 23.1 Å². The smallest absolute Gasteiger partial charge is 0.321 e. The van der Waals surface area contributed by atoms with Crippen LogP contribution in [0.1, 0.15) is 26.2 Å². The summed E-state index contributed by atoms with van der Waals surface area (Å²) in [5.74, 6) is 0.102. The summed E-state index contributed by atoms with van der Waals surface area (Å²) in [6, 6.07) is 6.80. The van der Waals surface area contributed by atoms with Crippen LogP contribution in [0.2, 0.25) is 0 Å². The first-order valence-corrected chi connectivity index (χ1v) is 9.45. The monoisotopic (exact) mass is 374 g/mol. The maximum absolute atomic E-state index is 12.9. The third-order valence-corrected chi connectivity index (χ3v) is 4.73. The van der Waals surface area contributed by atoms with Crippen molar-refractivity contribution in [1.82, 2.24) is 15.5 Å². The van der Waals surface area contributed by atoms with Gasteiger partial charge in [0.15, 0.2) is 6.10 Å². The van der Waals surface area contributed by atoms with E-state index in [0.717, 1.165) is 38.0 Å². The van der Waals surface area contributed by atoms with Gasteiger partial charge in [0.05, 0.1) is 18.8 Å². The zero-order valence-corrected chi connectivity index (χ0v) is 15.6. The summed E-state index contributed by atoms with van der Waals surface area (Å²) < 4.78 is 5.93. The number of para-hydroxylation sites is 2. The van der Waals surface area contributed by atoms with Gasteiger partial charge in [0.2, 0.25) is 5.91 Å². The molecule has 1 aromatic carbocycles. The van der Waals surface area contributed by atoms with Gasteiger partial charge in [-0.05, 0) is 38.3 Å². The number of likely N-dealkylation sites (tertiary alicyclic amines) is 1. The number of piperidine rings is 1. The Labute approximate surface area is 158 Å². The molecule has 27 heavy (non-hydrogen) atoms. The molecule has 0 aliphatic carbocycles. The van der Waals surface area contributed by atoms with E-state index in [1.54, 1.807) is 17.9 Å². The van der Waals surface area contributed by atoms with Gasteiger partial charge in [-0.25, -0.2) is 4.79 Å². The molecule has 2 N–H and O–H groups in total. The van der Waals surface area contributed by atoms with Crippen molar-refractivity contribution in [3.8, 4) is 5.75 Å². The molecule has 0 radical (unpaired) electrons. The van der Waals surface area contributed by atoms with Gasteiger partial charge in [0.25, 0.3) is 5.91 Å². The second-order valence-corrected chi connectivity index (χ2v) is 6.75. The van der Waals surface area contributed by atoms with E-state index < -0.39 is 18.0 Å². The van der Waals surface area contributed by atoms with Crippen molar-refractivity contribution >= 4 is 23.5 Å². The highest BCUT2D eigenvalue weighted by Crippen LogP contribution is 2.33. The Hall–Kier alpha value is -2.77. The van der Waals surface area contributed by atoms with Gasteiger partial charge in [0, 0.05) is 19.6 Å². The van der Waals surface area contributed by atoms with Crippen molar-refractivity contribution in [1.29, 1.82) is 0 Å². The molecule has 8 heteroatoms. The fourth-order valence-corrected chi connectivity index (χ4v) is 3.45. The molecule has 1 fully saturated rings. The number of carbonyl (C=O) groups excluding carboxylic acids is 3. The van der Waals surface area contributed by atoms with Gasteiger partial charge in [-0.3, -0.25) is 14.9 Å². The van der Waals surface area contributed by atoms with E-state index in [4.69, 9.17) is 4.74 Å². The Balaban J connectivity index is 1.71. The first kappa shape index (κ1) is 19.0. The summed E-state index contributed by atoms with van der Waals surface area (Å²) in [4.78, 5) is 40.3. The molecule has 0 saturated carbocycles. The van der Waals surface area contributed by atoms with E-state index in [-0.39, 0.29) is 19.0 Å². The minimum atomic E-state index is -0.657. The first-order valence-electron chi connectivity index (χ1n) is 9.45. The van der Waals surface area contributed by atoms with Gasteiger partial charge in [-0.15, -0.1) is 0 Å². The first-order chi connectivity index (χ1) is 13.1. The summed E-state index contributed by atoms with van der Waals surface area (Å²) in [7, 11) is 0. The lowest BCUT2D eigenvalue weighted by Crippen LogP contribution is -2.53. The molecule has 2 aliphatic rings. The van der Waals surface area contributed by atoms with Crippen molar-refractivity contribution in [2.24, 2.45) is 0 Å². The SMILES string of the molecule is CCNC(=O)NC(=O)CN1C[C@@H](C(=O)N2CCCCC2)Oc2ccccc21. The van der Waals surface area contributed by atoms with Crippen LogP contribution < -0.4 is 20.3 Å². The number of benzene rings is 1. The lowest BCUT2D eigenvalue weighted by molar-refractivity contribution is -0.139. The molecule has 8 nitrogen and oxygen atoms in total. The number of hydrogen-bond donors (Lipinski definition) is 2. The number of amides is 4. The molecule has 1 atom stereocenters. The third kappa shape index (κ3) is 4.69. The predicted molar refractivity (Wildman–Crippen MR) is 101 cm³/mol. The molecule has 1 saturated heterocycles. The fourth-order valence-electron chi connectivity index (χ4n) is 3.45. The number of fused-ring (bicyclic) bond motifs is 1. The topological polar surface area (TPSA) is 91.0 Å². The molecule has 1 aromatic rings. The summed E-state index contributed by atoms with van der Waals surface area (Å²) in [6.07, 6.45) is 2.50. The summed E-state index contributed by atoms with van der Waals surface area (Å²) >= 11 is 0. The summed E-state index contributed by atoms with van der Waals surface area (Å²) in [6.45, 7) is 3.96. The Morgan fingerprint density at radius 1 is 1.15 bits per heavy atom. The Morgan fingerprint density at radius 3 is 2.63 bits per heavy atom. The molecule has 2 aliphatic heterocycles. The van der Waals surface area contributed by atoms with Gasteiger partial charge < -0.3 is 19.9 Å². The van der Waals surface area contributed by atoms with Crippen LogP contribution in [-0.4, -0.2) is 61.6 Å². The second-order valence-electron chi connectivity index (χ2n) is 6.75. The lowest BCUT2D eigenvalue weighted by Gasteiger charge is -2.38. The highest BCUT2D eigenvalue weighted by molar-refractivity contribution is 5.97. The van der Waals surface area contributed by atoms with E-state index >= 15 is 0 Å². The van der Waals surface area contributed by atoms with E-state index in [0.29, 0.717) is 12.3 Å². The van der Waals surface area contributed by atoms with Crippen LogP contribution in [0.15, 0.2) is 24.3 Å². The van der Waals surface area contributed by atoms with Crippen LogP contribution in [0.3, 0.4) is 0 Å². The van der Waals surface area contributed by atoms with Crippen LogP contribution in [0.4, 0.5) is 10.5 Å². The Bertz CT molecular complexity index is 703. The van der Waals surface area contributed by atoms with Crippen LogP contribution in [0.25, 0.3) is 0 Å². The number of hydrogen-bond acceptors (Lipinski definition) is 5. The standard InChI is InChI=1S/C19H26N4O4/c1-2-20-19(26)21-17(24)13-23-12-16(18(25)22-10-6-3-7-11-22)27-15-9-5-4-8-14(15)23/h4-5,8-9,16H,2-3,6-7,10-13H2,1H3,(H2,20,21,24,26)/t16-/m0/s1. The van der Waals surface area contributed by atoms with Crippen LogP contribution >= 0.6 is 0 Å². The molecule has 3 rings (SSSR count). The lowest BCUT2D eigenvalue weighted by atomic mass is 10.1. The fraction of sp³-hybridized carbons (Fsp3) is 0.526. The number of nitrogens with one attached hydrogen (secondary N) is 2. The largest absolute Gasteiger partial charge is 0.477 e. The van der Waals surface area contributed by atoms with E-state index in [2.05, 4.69) is 10.6 Å². The zero-order valence-electron chi connectivity index (χ0n) is 15.6. The molecule has 2 heterocycles. The summed E-state index contributed by atoms with van der Waals surface area (Å²) in [5, 5.41) is 4.83. The summed E-state index contributed by atoms with van der Waals surface area (Å²) in [5.41, 5.74) is 0.742. The average molecular weight is 374 g/mol. The van der Waals surface area contributed by atoms with E-state index in [1.165, 1.54) is 0 Å². The maximum atomic E-state index is 12.9. The van der Waals surface area contributed by atoms with Crippen LogP contribution in [0.5, 0.6) is 5.75 Å². The minimum Gasteiger partial charge on any atom is -0.477 e. The van der Waals surface area contributed by atoms with Crippen molar-refractivity contribution in [2.45, 2.75) is 32.3 Å². The third-order valence-electron chi connectivity index (χ3n) is 4.73. The van der Waals surface area contributed by atoms with Crippen molar-refractivity contribution in [3.05, 3.63) is 24.3 Å². The van der Waals surface area contributed by atoms with Crippen molar-refractivity contribution in [3.63, 3.8) is 0 Å². The molecular formula is C19H26N4O4. The van der Waals surface area contributed by atoms with Crippen molar-refractivity contribution < 1.29 is 19.1 Å². The Kier molecular flexibility index (Phi) is 6.16. The quantitative estimate of drug-likeness (QED) is 0.824. The second kappa shape index (κ2) is 8.75. The molecular weight excluding hydrogens is 348 g/mol. The van der Waals surface area contributed by atoms with Crippen LogP contribution in [-0.2, 0) is 9.59 Å². The van der Waals surface area contributed by atoms with Crippen molar-refractivity contribution in [2.75, 3.05) is 37.6 Å². The maximum Gasteiger partial charge on any atom is 0.321 e.